The van der Waals surface area contributed by atoms with Gasteiger partial charge in [0.15, 0.2) is 0 Å². The highest BCUT2D eigenvalue weighted by Crippen LogP contribution is 2.21. The van der Waals surface area contributed by atoms with Crippen molar-refractivity contribution in [2.75, 3.05) is 0 Å². The fraction of sp³-hybridized carbons (Fsp3) is 0.214. The van der Waals surface area contributed by atoms with Crippen LogP contribution in [-0.4, -0.2) is 4.57 Å². The molecule has 0 saturated heterocycles. The average molecular weight is 210 g/mol. The summed E-state index contributed by atoms with van der Waals surface area (Å²) < 4.78 is 2.12. The second kappa shape index (κ2) is 3.86. The van der Waals surface area contributed by atoms with E-state index in [-0.39, 0.29) is 0 Å². The van der Waals surface area contributed by atoms with Gasteiger partial charge in [-0.1, -0.05) is 12.1 Å². The molecule has 0 spiro atoms. The van der Waals surface area contributed by atoms with Crippen LogP contribution in [0.5, 0.6) is 0 Å². The Morgan fingerprint density at radius 2 is 1.62 bits per heavy atom. The maximum atomic E-state index is 9.22. The van der Waals surface area contributed by atoms with E-state index in [1.807, 2.05) is 25.1 Å². The van der Waals surface area contributed by atoms with Crippen molar-refractivity contribution in [3.63, 3.8) is 0 Å². The van der Waals surface area contributed by atoms with E-state index >= 15 is 0 Å². The van der Waals surface area contributed by atoms with Gasteiger partial charge in [0, 0.05) is 11.4 Å². The van der Waals surface area contributed by atoms with Crippen LogP contribution in [0, 0.1) is 32.1 Å². The first-order valence-corrected chi connectivity index (χ1v) is 5.30. The van der Waals surface area contributed by atoms with E-state index in [9.17, 15) is 5.26 Å². The Labute approximate surface area is 95.8 Å². The van der Waals surface area contributed by atoms with E-state index in [1.165, 1.54) is 0 Å². The van der Waals surface area contributed by atoms with Gasteiger partial charge in [0.05, 0.1) is 11.3 Å². The summed E-state index contributed by atoms with van der Waals surface area (Å²) in [5.74, 6) is 0. The molecule has 0 fully saturated rings. The predicted octanol–water partition coefficient (Wildman–Crippen LogP) is 3.27. The molecule has 80 valence electrons. The predicted molar refractivity (Wildman–Crippen MR) is 64.7 cm³/mol. The van der Waals surface area contributed by atoms with Crippen molar-refractivity contribution < 1.29 is 0 Å². The van der Waals surface area contributed by atoms with Crippen molar-refractivity contribution in [1.82, 2.24) is 4.57 Å². The zero-order valence-corrected chi connectivity index (χ0v) is 9.78. The topological polar surface area (TPSA) is 28.7 Å². The monoisotopic (exact) mass is 210 g/mol. The van der Waals surface area contributed by atoms with Crippen molar-refractivity contribution in [2.24, 2.45) is 0 Å². The van der Waals surface area contributed by atoms with Gasteiger partial charge in [0.1, 0.15) is 6.07 Å². The highest BCUT2D eigenvalue weighted by Gasteiger charge is 2.10. The van der Waals surface area contributed by atoms with Gasteiger partial charge in [-0.15, -0.1) is 0 Å². The second-order valence-electron chi connectivity index (χ2n) is 4.03. The Morgan fingerprint density at radius 3 is 2.19 bits per heavy atom. The Kier molecular flexibility index (Phi) is 2.54. The molecule has 0 aliphatic carbocycles. The lowest BCUT2D eigenvalue weighted by atomic mass is 10.1. The van der Waals surface area contributed by atoms with E-state index in [0.29, 0.717) is 0 Å². The zero-order valence-electron chi connectivity index (χ0n) is 9.78. The molecular weight excluding hydrogens is 196 g/mol. The largest absolute Gasteiger partial charge is 0.317 e. The molecule has 0 radical (unpaired) electrons. The van der Waals surface area contributed by atoms with E-state index < -0.39 is 0 Å². The molecular formula is C14H14N2. The fourth-order valence-corrected chi connectivity index (χ4v) is 2.03. The molecule has 0 atom stereocenters. The van der Waals surface area contributed by atoms with Crippen LogP contribution in [0.25, 0.3) is 5.69 Å². The number of benzene rings is 1. The molecule has 2 aromatic rings. The SMILES string of the molecule is Cc1cccc(-n2c(C)ccc2C)c1C#N. The van der Waals surface area contributed by atoms with Crippen molar-refractivity contribution in [3.8, 4) is 11.8 Å². The van der Waals surface area contributed by atoms with Gasteiger partial charge >= 0.3 is 0 Å². The summed E-state index contributed by atoms with van der Waals surface area (Å²) >= 11 is 0. The molecule has 0 aliphatic heterocycles. The number of nitrogens with zero attached hydrogens (tertiary/aromatic N) is 2. The Morgan fingerprint density at radius 1 is 1.00 bits per heavy atom. The normalized spacial score (nSPS) is 10.1. The minimum absolute atomic E-state index is 0.755. The third-order valence-corrected chi connectivity index (χ3v) is 2.87. The summed E-state index contributed by atoms with van der Waals surface area (Å²) in [5, 5.41) is 9.22. The van der Waals surface area contributed by atoms with Crippen molar-refractivity contribution >= 4 is 0 Å². The third kappa shape index (κ3) is 1.51. The molecule has 1 aromatic carbocycles. The Balaban J connectivity index is 2.75. The maximum absolute atomic E-state index is 9.22. The summed E-state index contributed by atoms with van der Waals surface area (Å²) in [5.41, 5.74) is 5.05. The minimum Gasteiger partial charge on any atom is -0.317 e. The fourth-order valence-electron chi connectivity index (χ4n) is 2.03. The first-order chi connectivity index (χ1) is 7.65. The summed E-state index contributed by atoms with van der Waals surface area (Å²) in [6.45, 7) is 6.07. The van der Waals surface area contributed by atoms with Crippen LogP contribution in [-0.2, 0) is 0 Å². The van der Waals surface area contributed by atoms with Crippen LogP contribution in [0.4, 0.5) is 0 Å². The first kappa shape index (κ1) is 10.5. The molecule has 2 rings (SSSR count). The van der Waals surface area contributed by atoms with Gasteiger partial charge in [0.25, 0.3) is 0 Å². The number of hydrogen-bond acceptors (Lipinski definition) is 1. The number of nitriles is 1. The van der Waals surface area contributed by atoms with Crippen molar-refractivity contribution in [1.29, 1.82) is 5.26 Å². The average Bonchev–Trinajstić information content (AvgIpc) is 2.58. The summed E-state index contributed by atoms with van der Waals surface area (Å²) in [6, 6.07) is 12.4. The van der Waals surface area contributed by atoms with Gasteiger partial charge in [-0.05, 0) is 44.5 Å². The first-order valence-electron chi connectivity index (χ1n) is 5.30. The number of aryl methyl sites for hydroxylation is 3. The van der Waals surface area contributed by atoms with Crippen LogP contribution in [0.1, 0.15) is 22.5 Å². The molecule has 0 unspecified atom stereocenters. The lowest BCUT2D eigenvalue weighted by Crippen LogP contribution is -2.02. The summed E-state index contributed by atoms with van der Waals surface area (Å²) in [4.78, 5) is 0. The highest BCUT2D eigenvalue weighted by molar-refractivity contribution is 5.54. The van der Waals surface area contributed by atoms with Crippen LogP contribution >= 0.6 is 0 Å². The molecule has 0 bridgehead atoms. The van der Waals surface area contributed by atoms with Gasteiger partial charge in [-0.25, -0.2) is 0 Å². The van der Waals surface area contributed by atoms with Crippen molar-refractivity contribution in [2.45, 2.75) is 20.8 Å². The smallest absolute Gasteiger partial charge is 0.102 e. The van der Waals surface area contributed by atoms with Gasteiger partial charge in [-0.2, -0.15) is 5.26 Å². The van der Waals surface area contributed by atoms with Crippen LogP contribution in [0.2, 0.25) is 0 Å². The second-order valence-corrected chi connectivity index (χ2v) is 4.03. The Hall–Kier alpha value is -2.01. The summed E-state index contributed by atoms with van der Waals surface area (Å²) in [6.07, 6.45) is 0. The van der Waals surface area contributed by atoms with Crippen molar-refractivity contribution in [3.05, 3.63) is 52.8 Å². The van der Waals surface area contributed by atoms with Gasteiger partial charge < -0.3 is 4.57 Å². The van der Waals surface area contributed by atoms with Crippen LogP contribution in [0.3, 0.4) is 0 Å². The number of rotatable bonds is 1. The van der Waals surface area contributed by atoms with E-state index in [0.717, 1.165) is 28.2 Å². The number of aromatic nitrogens is 1. The molecule has 1 heterocycles. The minimum atomic E-state index is 0.755. The van der Waals surface area contributed by atoms with Crippen LogP contribution in [0.15, 0.2) is 30.3 Å². The molecule has 2 nitrogen and oxygen atoms in total. The summed E-state index contributed by atoms with van der Waals surface area (Å²) in [7, 11) is 0. The van der Waals surface area contributed by atoms with Gasteiger partial charge in [0.2, 0.25) is 0 Å². The van der Waals surface area contributed by atoms with Crippen LogP contribution < -0.4 is 0 Å². The number of hydrogen-bond donors (Lipinski definition) is 0. The molecule has 0 N–H and O–H groups in total. The third-order valence-electron chi connectivity index (χ3n) is 2.87. The molecule has 2 heteroatoms. The molecule has 0 saturated carbocycles. The maximum Gasteiger partial charge on any atom is 0.102 e. The molecule has 0 aliphatic rings. The standard InChI is InChI=1S/C14H14N2/c1-10-5-4-6-14(13(10)9-15)16-11(2)7-8-12(16)3/h4-8H,1-3H3. The lowest BCUT2D eigenvalue weighted by Gasteiger charge is -2.12. The molecule has 1 aromatic heterocycles. The molecule has 0 amide bonds. The zero-order chi connectivity index (χ0) is 11.7. The van der Waals surface area contributed by atoms with Gasteiger partial charge in [-0.3, -0.25) is 0 Å². The quantitative estimate of drug-likeness (QED) is 0.710. The van der Waals surface area contributed by atoms with E-state index in [1.54, 1.807) is 0 Å². The van der Waals surface area contributed by atoms with E-state index in [2.05, 4.69) is 36.6 Å². The lowest BCUT2D eigenvalue weighted by molar-refractivity contribution is 0.959. The molecule has 16 heavy (non-hydrogen) atoms. The van der Waals surface area contributed by atoms with E-state index in [4.69, 9.17) is 0 Å². The highest BCUT2D eigenvalue weighted by atomic mass is 15.0. The Bertz CT molecular complexity index is 551.